The van der Waals surface area contributed by atoms with Gasteiger partial charge in [-0.25, -0.2) is 8.78 Å². The Balaban J connectivity index is 1.24. The van der Waals surface area contributed by atoms with Gasteiger partial charge in [0, 0.05) is 24.3 Å². The summed E-state index contributed by atoms with van der Waals surface area (Å²) in [6, 6.07) is 27.2. The van der Waals surface area contributed by atoms with E-state index in [0.717, 1.165) is 29.4 Å². The summed E-state index contributed by atoms with van der Waals surface area (Å²) in [5, 5.41) is 0.106. The van der Waals surface area contributed by atoms with Crippen LogP contribution in [0.2, 0.25) is 0 Å². The Morgan fingerprint density at radius 3 is 2.36 bits per heavy atom. The monoisotopic (exact) mass is 570 g/mol. The van der Waals surface area contributed by atoms with Gasteiger partial charge in [-0.15, -0.1) is 0 Å². The highest BCUT2D eigenvalue weighted by molar-refractivity contribution is 5.93. The van der Waals surface area contributed by atoms with Gasteiger partial charge in [0.15, 0.2) is 11.6 Å². The molecule has 0 aliphatic carbocycles. The minimum absolute atomic E-state index is 0.106. The van der Waals surface area contributed by atoms with Gasteiger partial charge >= 0.3 is 5.97 Å². The molecule has 0 spiro atoms. The van der Waals surface area contributed by atoms with Crippen molar-refractivity contribution in [3.05, 3.63) is 120 Å². The smallest absolute Gasteiger partial charge is 0.325 e. The number of rotatable bonds is 12. The first-order valence-electron chi connectivity index (χ1n) is 13.6. The fourth-order valence-corrected chi connectivity index (χ4v) is 4.59. The predicted molar refractivity (Wildman–Crippen MR) is 159 cm³/mol. The quantitative estimate of drug-likeness (QED) is 0.150. The van der Waals surface area contributed by atoms with Crippen molar-refractivity contribution in [2.45, 2.75) is 13.2 Å². The first kappa shape index (κ1) is 28.8. The van der Waals surface area contributed by atoms with E-state index in [1.807, 2.05) is 73.6 Å². The zero-order valence-electron chi connectivity index (χ0n) is 23.6. The summed E-state index contributed by atoms with van der Waals surface area (Å²) >= 11 is 0. The number of nitrogens with zero attached hydrogens (tertiary/aromatic N) is 2. The van der Waals surface area contributed by atoms with Crippen LogP contribution in [0.15, 0.2) is 102 Å². The van der Waals surface area contributed by atoms with Crippen molar-refractivity contribution in [1.29, 1.82) is 0 Å². The Bertz CT molecular complexity index is 1640. The molecule has 216 valence electrons. The third kappa shape index (κ3) is 7.14. The summed E-state index contributed by atoms with van der Waals surface area (Å²) in [4.78, 5) is 16.8. The van der Waals surface area contributed by atoms with E-state index in [2.05, 4.69) is 4.90 Å². The second-order valence-electron chi connectivity index (χ2n) is 10.2. The predicted octanol–water partition coefficient (Wildman–Crippen LogP) is 7.07. The SMILES string of the molecule is CN(C)CCN(CC(=O)OCc1ccccc1)c1cccc(COc2ccc(-c3cc(F)c(F)c4ccoc34)cc2)c1. The minimum atomic E-state index is -0.928. The summed E-state index contributed by atoms with van der Waals surface area (Å²) < 4.78 is 45.2. The van der Waals surface area contributed by atoms with Crippen LogP contribution < -0.4 is 9.64 Å². The largest absolute Gasteiger partial charge is 0.489 e. The number of hydrogen-bond acceptors (Lipinski definition) is 6. The topological polar surface area (TPSA) is 55.2 Å². The molecule has 5 aromatic rings. The molecule has 1 aromatic heterocycles. The van der Waals surface area contributed by atoms with E-state index in [0.29, 0.717) is 35.6 Å². The van der Waals surface area contributed by atoms with Crippen molar-refractivity contribution in [2.75, 3.05) is 38.6 Å². The molecule has 8 heteroatoms. The molecule has 0 fully saturated rings. The molecule has 0 N–H and O–H groups in total. The van der Waals surface area contributed by atoms with E-state index in [4.69, 9.17) is 13.9 Å². The third-order valence-corrected chi connectivity index (χ3v) is 6.85. The number of esters is 1. The zero-order chi connectivity index (χ0) is 29.5. The standard InChI is InChI=1S/C34H32F2N2O4/c1-37(2)16-17-38(21-32(39)42-22-24-7-4-3-5-8-24)27-10-6-9-25(19-27)23-41-28-13-11-26(12-14-28)30-20-31(35)33(36)29-15-18-40-34(29)30/h3-15,18-20H,16-17,21-23H2,1-2H3. The summed E-state index contributed by atoms with van der Waals surface area (Å²) in [7, 11) is 3.98. The Morgan fingerprint density at radius 2 is 1.60 bits per heavy atom. The van der Waals surface area contributed by atoms with Crippen LogP contribution in [0.1, 0.15) is 11.1 Å². The number of likely N-dealkylation sites (N-methyl/N-ethyl adjacent to an activating group) is 1. The number of carbonyl (C=O) groups is 1. The molecule has 4 aromatic carbocycles. The van der Waals surface area contributed by atoms with Gasteiger partial charge in [0.1, 0.15) is 31.1 Å². The van der Waals surface area contributed by atoms with Gasteiger partial charge in [0.25, 0.3) is 0 Å². The van der Waals surface area contributed by atoms with Crippen LogP contribution in [0, 0.1) is 11.6 Å². The highest BCUT2D eigenvalue weighted by atomic mass is 19.2. The number of furan rings is 1. The van der Waals surface area contributed by atoms with Crippen LogP contribution in [0.25, 0.3) is 22.1 Å². The summed E-state index contributed by atoms with van der Waals surface area (Å²) in [5.41, 5.74) is 4.21. The average molecular weight is 571 g/mol. The first-order valence-corrected chi connectivity index (χ1v) is 13.6. The van der Waals surface area contributed by atoms with Crippen LogP contribution in [-0.2, 0) is 22.7 Å². The lowest BCUT2D eigenvalue weighted by atomic mass is 10.0. The van der Waals surface area contributed by atoms with Gasteiger partial charge in [-0.1, -0.05) is 54.6 Å². The van der Waals surface area contributed by atoms with Crippen LogP contribution in [0.3, 0.4) is 0 Å². The fourth-order valence-electron chi connectivity index (χ4n) is 4.59. The molecular weight excluding hydrogens is 538 g/mol. The van der Waals surface area contributed by atoms with Gasteiger partial charge in [-0.2, -0.15) is 0 Å². The zero-order valence-corrected chi connectivity index (χ0v) is 23.6. The van der Waals surface area contributed by atoms with Gasteiger partial charge in [0.2, 0.25) is 0 Å². The van der Waals surface area contributed by atoms with Crippen molar-refractivity contribution >= 4 is 22.6 Å². The van der Waals surface area contributed by atoms with Crippen LogP contribution in [0.5, 0.6) is 5.75 Å². The molecule has 0 bridgehead atoms. The molecule has 5 rings (SSSR count). The molecular formula is C34H32F2N2O4. The van der Waals surface area contributed by atoms with Crippen molar-refractivity contribution < 1.29 is 27.5 Å². The number of halogens is 2. The normalized spacial score (nSPS) is 11.2. The van der Waals surface area contributed by atoms with Crippen LogP contribution in [-0.4, -0.2) is 44.6 Å². The molecule has 0 radical (unpaired) electrons. The molecule has 0 aliphatic heterocycles. The third-order valence-electron chi connectivity index (χ3n) is 6.85. The lowest BCUT2D eigenvalue weighted by molar-refractivity contribution is -0.143. The van der Waals surface area contributed by atoms with Gasteiger partial charge in [0.05, 0.1) is 11.6 Å². The molecule has 0 atom stereocenters. The van der Waals surface area contributed by atoms with E-state index in [1.54, 1.807) is 24.3 Å². The highest BCUT2D eigenvalue weighted by Gasteiger charge is 2.17. The average Bonchev–Trinajstić information content (AvgIpc) is 3.50. The Kier molecular flexibility index (Phi) is 9.14. The maximum atomic E-state index is 14.1. The van der Waals surface area contributed by atoms with E-state index in [9.17, 15) is 13.6 Å². The number of benzene rings is 4. The van der Waals surface area contributed by atoms with Gasteiger partial charge in [-0.05, 0) is 67.2 Å². The molecule has 0 amide bonds. The molecule has 42 heavy (non-hydrogen) atoms. The number of ether oxygens (including phenoxy) is 2. The Hall–Kier alpha value is -4.69. The lowest BCUT2D eigenvalue weighted by Gasteiger charge is -2.26. The number of anilines is 1. The Labute approximate surface area is 243 Å². The summed E-state index contributed by atoms with van der Waals surface area (Å²) in [5.74, 6) is -1.53. The van der Waals surface area contributed by atoms with E-state index in [1.165, 1.54) is 12.3 Å². The molecule has 0 unspecified atom stereocenters. The second-order valence-corrected chi connectivity index (χ2v) is 10.2. The van der Waals surface area contributed by atoms with Gasteiger partial charge in [-0.3, -0.25) is 4.79 Å². The van der Waals surface area contributed by atoms with Crippen molar-refractivity contribution in [1.82, 2.24) is 4.90 Å². The fraction of sp³-hybridized carbons (Fsp3) is 0.206. The highest BCUT2D eigenvalue weighted by Crippen LogP contribution is 2.33. The lowest BCUT2D eigenvalue weighted by Crippen LogP contribution is -2.36. The van der Waals surface area contributed by atoms with E-state index < -0.39 is 11.6 Å². The van der Waals surface area contributed by atoms with Gasteiger partial charge < -0.3 is 23.7 Å². The number of carbonyl (C=O) groups excluding carboxylic acids is 1. The Morgan fingerprint density at radius 1 is 0.833 bits per heavy atom. The maximum Gasteiger partial charge on any atom is 0.325 e. The molecule has 0 saturated carbocycles. The van der Waals surface area contributed by atoms with Crippen LogP contribution >= 0.6 is 0 Å². The van der Waals surface area contributed by atoms with E-state index in [-0.39, 0.29) is 24.5 Å². The summed E-state index contributed by atoms with van der Waals surface area (Å²) in [6.45, 7) is 2.07. The minimum Gasteiger partial charge on any atom is -0.489 e. The number of hydrogen-bond donors (Lipinski definition) is 0. The van der Waals surface area contributed by atoms with Crippen molar-refractivity contribution in [3.8, 4) is 16.9 Å². The molecule has 6 nitrogen and oxygen atoms in total. The molecule has 0 aliphatic rings. The number of fused-ring (bicyclic) bond motifs is 1. The maximum absolute atomic E-state index is 14.1. The molecule has 0 saturated heterocycles. The van der Waals surface area contributed by atoms with Crippen molar-refractivity contribution in [3.63, 3.8) is 0 Å². The second kappa shape index (κ2) is 13.3. The molecule has 1 heterocycles. The van der Waals surface area contributed by atoms with Crippen molar-refractivity contribution in [2.24, 2.45) is 0 Å². The van der Waals surface area contributed by atoms with Crippen LogP contribution in [0.4, 0.5) is 14.5 Å². The van der Waals surface area contributed by atoms with E-state index >= 15 is 0 Å². The summed E-state index contributed by atoms with van der Waals surface area (Å²) in [6.07, 6.45) is 1.34. The first-order chi connectivity index (χ1) is 20.4.